The zero-order valence-corrected chi connectivity index (χ0v) is 20.0. The molecule has 0 atom stereocenters. The number of aromatic carboxylic acids is 1. The number of carbonyl (C=O) groups is 1. The first-order chi connectivity index (χ1) is 17.7. The fraction of sp³-hybridized carbons (Fsp3) is 0.333. The van der Waals surface area contributed by atoms with Gasteiger partial charge < -0.3 is 20.1 Å². The van der Waals surface area contributed by atoms with Gasteiger partial charge in [0.25, 0.3) is 0 Å². The molecule has 0 radical (unpaired) electrons. The van der Waals surface area contributed by atoms with E-state index in [1.54, 1.807) is 0 Å². The minimum Gasteiger partial charge on any atom is -0.478 e. The summed E-state index contributed by atoms with van der Waals surface area (Å²) in [4.78, 5) is 18.0. The molecule has 0 amide bonds. The van der Waals surface area contributed by atoms with Gasteiger partial charge in [-0.05, 0) is 36.9 Å². The van der Waals surface area contributed by atoms with Crippen molar-refractivity contribution in [2.45, 2.75) is 31.5 Å². The van der Waals surface area contributed by atoms with Gasteiger partial charge in [0.05, 0.1) is 6.10 Å². The minimum absolute atomic E-state index is 0.0635. The van der Waals surface area contributed by atoms with Crippen LogP contribution in [-0.4, -0.2) is 68.1 Å². The Kier molecular flexibility index (Phi) is 7.49. The average molecular weight is 487 g/mol. The van der Waals surface area contributed by atoms with E-state index in [1.165, 1.54) is 28.2 Å². The summed E-state index contributed by atoms with van der Waals surface area (Å²) < 4.78 is 7.97. The molecular formula is C27H30N6O3. The summed E-state index contributed by atoms with van der Waals surface area (Å²) in [6.45, 7) is 3.50. The highest BCUT2D eigenvalue weighted by Gasteiger charge is 2.24. The van der Waals surface area contributed by atoms with Crippen LogP contribution in [0.3, 0.4) is 0 Å². The number of benzene rings is 2. The molecule has 1 aliphatic rings. The Labute approximate surface area is 209 Å². The highest BCUT2D eigenvalue weighted by atomic mass is 16.5. The van der Waals surface area contributed by atoms with Gasteiger partial charge in [0, 0.05) is 25.7 Å². The van der Waals surface area contributed by atoms with E-state index in [4.69, 9.17) is 4.74 Å². The van der Waals surface area contributed by atoms with Gasteiger partial charge in [-0.3, -0.25) is 0 Å². The molecule has 36 heavy (non-hydrogen) atoms. The quantitative estimate of drug-likeness (QED) is 0.325. The maximum atomic E-state index is 11.6. The van der Waals surface area contributed by atoms with E-state index in [1.807, 2.05) is 12.1 Å². The highest BCUT2D eigenvalue weighted by molar-refractivity contribution is 5.94. The molecule has 0 aliphatic carbocycles. The number of anilines is 1. The van der Waals surface area contributed by atoms with E-state index in [0.717, 1.165) is 38.9 Å². The lowest BCUT2D eigenvalue weighted by atomic mass is 10.00. The first-order valence-electron chi connectivity index (χ1n) is 12.3. The van der Waals surface area contributed by atoms with Crippen LogP contribution in [0.25, 0.3) is 5.65 Å². The number of carboxylic acid groups (broad SMARTS) is 1. The first-order valence-corrected chi connectivity index (χ1v) is 12.3. The molecule has 9 heteroatoms. The lowest BCUT2D eigenvalue weighted by Gasteiger charge is -2.34. The van der Waals surface area contributed by atoms with Crippen molar-refractivity contribution >= 4 is 17.4 Å². The molecular weight excluding hydrogens is 456 g/mol. The number of ether oxygens (including phenoxy) is 1. The lowest BCUT2D eigenvalue weighted by Crippen LogP contribution is -2.38. The van der Waals surface area contributed by atoms with Crippen LogP contribution in [0.2, 0.25) is 0 Å². The molecule has 1 saturated heterocycles. The van der Waals surface area contributed by atoms with Crippen molar-refractivity contribution in [2.24, 2.45) is 0 Å². The number of aromatic nitrogens is 4. The number of piperidine rings is 1. The van der Waals surface area contributed by atoms with Crippen molar-refractivity contribution in [1.29, 1.82) is 0 Å². The van der Waals surface area contributed by atoms with E-state index in [9.17, 15) is 9.90 Å². The Morgan fingerprint density at radius 3 is 2.36 bits per heavy atom. The molecule has 2 aromatic heterocycles. The van der Waals surface area contributed by atoms with Crippen LogP contribution >= 0.6 is 0 Å². The summed E-state index contributed by atoms with van der Waals surface area (Å²) >= 11 is 0. The number of rotatable bonds is 10. The Morgan fingerprint density at radius 2 is 1.72 bits per heavy atom. The number of fused-ring (bicyclic) bond motifs is 1. The van der Waals surface area contributed by atoms with E-state index >= 15 is 0 Å². The molecule has 0 bridgehead atoms. The van der Waals surface area contributed by atoms with Crippen LogP contribution in [-0.2, 0) is 4.74 Å². The number of hydrogen-bond donors (Lipinski definition) is 2. The van der Waals surface area contributed by atoms with E-state index in [-0.39, 0.29) is 17.8 Å². The predicted octanol–water partition coefficient (Wildman–Crippen LogP) is 3.90. The van der Waals surface area contributed by atoms with Crippen molar-refractivity contribution < 1.29 is 14.6 Å². The molecule has 0 spiro atoms. The topological polar surface area (TPSA) is 105 Å². The maximum Gasteiger partial charge on any atom is 0.339 e. The molecule has 1 aliphatic heterocycles. The van der Waals surface area contributed by atoms with Gasteiger partial charge in [0.2, 0.25) is 0 Å². The third-order valence-electron chi connectivity index (χ3n) is 6.52. The molecule has 1 fully saturated rings. The summed E-state index contributed by atoms with van der Waals surface area (Å²) in [5.74, 6) is -0.734. The third kappa shape index (κ3) is 5.69. The maximum absolute atomic E-state index is 11.6. The molecule has 5 rings (SSSR count). The van der Waals surface area contributed by atoms with Crippen LogP contribution in [0.5, 0.6) is 0 Å². The highest BCUT2D eigenvalue weighted by Crippen LogP contribution is 2.30. The third-order valence-corrected chi connectivity index (χ3v) is 6.52. The van der Waals surface area contributed by atoms with Crippen LogP contribution in [0.15, 0.2) is 73.1 Å². The van der Waals surface area contributed by atoms with E-state index in [0.29, 0.717) is 18.0 Å². The van der Waals surface area contributed by atoms with E-state index < -0.39 is 5.97 Å². The number of likely N-dealkylation sites (tertiary alicyclic amines) is 1. The molecule has 9 nitrogen and oxygen atoms in total. The molecule has 4 aromatic rings. The second-order valence-corrected chi connectivity index (χ2v) is 8.98. The summed E-state index contributed by atoms with van der Waals surface area (Å²) in [6, 6.07) is 22.3. The van der Waals surface area contributed by atoms with Crippen molar-refractivity contribution in [2.75, 3.05) is 31.5 Å². The van der Waals surface area contributed by atoms with Crippen molar-refractivity contribution in [3.05, 3.63) is 89.7 Å². The van der Waals surface area contributed by atoms with Gasteiger partial charge in [-0.2, -0.15) is 0 Å². The van der Waals surface area contributed by atoms with Crippen molar-refractivity contribution in [3.8, 4) is 0 Å². The van der Waals surface area contributed by atoms with Crippen molar-refractivity contribution in [1.82, 2.24) is 24.7 Å². The molecule has 186 valence electrons. The largest absolute Gasteiger partial charge is 0.478 e. The molecule has 3 heterocycles. The van der Waals surface area contributed by atoms with Crippen LogP contribution in [0.1, 0.15) is 46.9 Å². The Bertz CT molecular complexity index is 1230. The van der Waals surface area contributed by atoms with Gasteiger partial charge >= 0.3 is 5.97 Å². The Balaban J connectivity index is 1.11. The average Bonchev–Trinajstić information content (AvgIpc) is 3.38. The zero-order valence-electron chi connectivity index (χ0n) is 20.0. The van der Waals surface area contributed by atoms with Crippen LogP contribution < -0.4 is 5.32 Å². The monoisotopic (exact) mass is 486 g/mol. The van der Waals surface area contributed by atoms with Crippen molar-refractivity contribution in [3.63, 3.8) is 0 Å². The summed E-state index contributed by atoms with van der Waals surface area (Å²) in [5, 5.41) is 20.9. The second kappa shape index (κ2) is 11.3. The Hall–Kier alpha value is -3.82. The van der Waals surface area contributed by atoms with Crippen LogP contribution in [0.4, 0.5) is 5.82 Å². The van der Waals surface area contributed by atoms with Gasteiger partial charge in [0.15, 0.2) is 11.5 Å². The number of nitrogens with zero attached hydrogens (tertiary/aromatic N) is 5. The number of carboxylic acids is 1. The van der Waals surface area contributed by atoms with Crippen LogP contribution in [0, 0.1) is 0 Å². The normalized spacial score (nSPS) is 14.9. The van der Waals surface area contributed by atoms with Gasteiger partial charge in [-0.15, -0.1) is 14.8 Å². The molecule has 2 N–H and O–H groups in total. The predicted molar refractivity (Wildman–Crippen MR) is 136 cm³/mol. The van der Waals surface area contributed by atoms with Gasteiger partial charge in [0.1, 0.15) is 18.0 Å². The fourth-order valence-electron chi connectivity index (χ4n) is 4.63. The molecule has 0 saturated carbocycles. The molecule has 2 aromatic carbocycles. The SMILES string of the molecule is O=C(O)c1cc2ncnn2nc1NCCCN1CCC(OC(c2ccccc2)c2ccccc2)CC1. The second-order valence-electron chi connectivity index (χ2n) is 8.98. The fourth-order valence-corrected chi connectivity index (χ4v) is 4.63. The Morgan fingerprint density at radius 1 is 1.06 bits per heavy atom. The summed E-state index contributed by atoms with van der Waals surface area (Å²) in [6.07, 6.45) is 4.34. The number of nitrogens with one attached hydrogen (secondary N) is 1. The molecule has 0 unspecified atom stereocenters. The van der Waals surface area contributed by atoms with Gasteiger partial charge in [-0.25, -0.2) is 9.78 Å². The first kappa shape index (κ1) is 23.9. The summed E-state index contributed by atoms with van der Waals surface area (Å²) in [5.41, 5.74) is 2.86. The van der Waals surface area contributed by atoms with E-state index in [2.05, 4.69) is 73.9 Å². The smallest absolute Gasteiger partial charge is 0.339 e. The zero-order chi connectivity index (χ0) is 24.7. The summed E-state index contributed by atoms with van der Waals surface area (Å²) in [7, 11) is 0. The van der Waals surface area contributed by atoms with Gasteiger partial charge in [-0.1, -0.05) is 60.7 Å². The lowest BCUT2D eigenvalue weighted by molar-refractivity contribution is -0.0269. The minimum atomic E-state index is -1.04. The standard InChI is InChI=1S/C27H30N6O3/c34-27(35)23-18-24-29-19-30-33(24)31-26(23)28-14-7-15-32-16-12-22(13-17-32)36-25(20-8-3-1-4-9-20)21-10-5-2-6-11-21/h1-6,8-11,18-19,22,25H,7,12-17H2,(H,28,31)(H,34,35). The number of hydrogen-bond acceptors (Lipinski definition) is 7.